The molecule has 4 nitrogen and oxygen atoms in total. The van der Waals surface area contributed by atoms with Crippen molar-refractivity contribution in [1.82, 2.24) is 4.90 Å². The molecular formula is C23H26ClNO3. The summed E-state index contributed by atoms with van der Waals surface area (Å²) >= 11 is 5.97. The highest BCUT2D eigenvalue weighted by atomic mass is 35.5. The summed E-state index contributed by atoms with van der Waals surface area (Å²) in [6.45, 7) is 6.90. The molecule has 0 aliphatic carbocycles. The number of ether oxygens (including phenoxy) is 1. The van der Waals surface area contributed by atoms with Crippen molar-refractivity contribution in [3.8, 4) is 5.75 Å². The third-order valence-electron chi connectivity index (χ3n) is 5.28. The largest absolute Gasteiger partial charge is 0.481 e. The van der Waals surface area contributed by atoms with Crippen LogP contribution in [0.15, 0.2) is 42.5 Å². The van der Waals surface area contributed by atoms with Crippen molar-refractivity contribution in [1.29, 1.82) is 0 Å². The van der Waals surface area contributed by atoms with E-state index in [4.69, 9.17) is 16.3 Å². The number of ketones is 1. The SMILES string of the molecule is Cc1ccc(C(=O)C2CCN(C(=O)C(C)Oc3cccc(Cl)c3)CC2)c(C)c1. The number of benzene rings is 2. The molecule has 2 aromatic rings. The van der Waals surface area contributed by atoms with Gasteiger partial charge in [0.2, 0.25) is 0 Å². The van der Waals surface area contributed by atoms with E-state index in [1.54, 1.807) is 36.1 Å². The lowest BCUT2D eigenvalue weighted by Gasteiger charge is -2.33. The minimum absolute atomic E-state index is 0.0328. The number of Topliss-reactive ketones (excluding diaryl/α,β-unsaturated/α-hetero) is 1. The van der Waals surface area contributed by atoms with E-state index in [2.05, 4.69) is 0 Å². The molecule has 3 rings (SSSR count). The van der Waals surface area contributed by atoms with E-state index in [0.29, 0.717) is 36.7 Å². The average molecular weight is 400 g/mol. The second-order valence-corrected chi connectivity index (χ2v) is 7.94. The van der Waals surface area contributed by atoms with Crippen molar-refractivity contribution in [2.75, 3.05) is 13.1 Å². The molecule has 1 atom stereocenters. The normalized spacial score (nSPS) is 15.9. The second-order valence-electron chi connectivity index (χ2n) is 7.50. The quantitative estimate of drug-likeness (QED) is 0.675. The Bertz CT molecular complexity index is 872. The minimum Gasteiger partial charge on any atom is -0.481 e. The van der Waals surface area contributed by atoms with Gasteiger partial charge in [-0.25, -0.2) is 0 Å². The molecule has 0 bridgehead atoms. The van der Waals surface area contributed by atoms with Crippen LogP contribution in [0.25, 0.3) is 0 Å². The number of hydrogen-bond acceptors (Lipinski definition) is 3. The van der Waals surface area contributed by atoms with Gasteiger partial charge in [-0.3, -0.25) is 9.59 Å². The van der Waals surface area contributed by atoms with E-state index in [9.17, 15) is 9.59 Å². The van der Waals surface area contributed by atoms with Crippen molar-refractivity contribution < 1.29 is 14.3 Å². The van der Waals surface area contributed by atoms with Gasteiger partial charge in [0.05, 0.1) is 0 Å². The van der Waals surface area contributed by atoms with E-state index >= 15 is 0 Å². The number of hydrogen-bond donors (Lipinski definition) is 0. The summed E-state index contributed by atoms with van der Waals surface area (Å²) in [6.07, 6.45) is 0.772. The van der Waals surface area contributed by atoms with Crippen LogP contribution in [0, 0.1) is 19.8 Å². The van der Waals surface area contributed by atoms with Crippen LogP contribution in [0.1, 0.15) is 41.3 Å². The van der Waals surface area contributed by atoms with Gasteiger partial charge in [0, 0.05) is 29.6 Å². The molecule has 28 heavy (non-hydrogen) atoms. The molecule has 1 aliphatic rings. The zero-order valence-corrected chi connectivity index (χ0v) is 17.3. The van der Waals surface area contributed by atoms with Gasteiger partial charge in [0.15, 0.2) is 11.9 Å². The monoisotopic (exact) mass is 399 g/mol. The Hall–Kier alpha value is -2.33. The summed E-state index contributed by atoms with van der Waals surface area (Å²) in [7, 11) is 0. The first kappa shape index (κ1) is 20.4. The maximum atomic E-state index is 12.9. The Balaban J connectivity index is 1.57. The number of piperidine rings is 1. The molecule has 0 spiro atoms. The van der Waals surface area contributed by atoms with Gasteiger partial charge in [-0.05, 0) is 57.4 Å². The standard InChI is InChI=1S/C23H26ClNO3/c1-15-7-8-21(16(2)13-15)22(26)18-9-11-25(12-10-18)23(27)17(3)28-20-6-4-5-19(24)14-20/h4-8,13-14,17-18H,9-12H2,1-3H3. The summed E-state index contributed by atoms with van der Waals surface area (Å²) in [5, 5.41) is 0.572. The van der Waals surface area contributed by atoms with E-state index in [1.807, 2.05) is 32.0 Å². The van der Waals surface area contributed by atoms with Crippen LogP contribution in [0.4, 0.5) is 0 Å². The Kier molecular flexibility index (Phi) is 6.40. The van der Waals surface area contributed by atoms with Crippen molar-refractivity contribution in [3.63, 3.8) is 0 Å². The molecular weight excluding hydrogens is 374 g/mol. The third kappa shape index (κ3) is 4.74. The first-order valence-electron chi connectivity index (χ1n) is 9.67. The van der Waals surface area contributed by atoms with Crippen LogP contribution in [-0.2, 0) is 4.79 Å². The molecule has 1 heterocycles. The number of amides is 1. The van der Waals surface area contributed by atoms with E-state index < -0.39 is 6.10 Å². The van der Waals surface area contributed by atoms with Gasteiger partial charge in [-0.15, -0.1) is 0 Å². The van der Waals surface area contributed by atoms with Crippen molar-refractivity contribution >= 4 is 23.3 Å². The lowest BCUT2D eigenvalue weighted by Crippen LogP contribution is -2.45. The fourth-order valence-corrected chi connectivity index (χ4v) is 3.90. The molecule has 1 saturated heterocycles. The van der Waals surface area contributed by atoms with Gasteiger partial charge in [0.1, 0.15) is 5.75 Å². The van der Waals surface area contributed by atoms with Crippen LogP contribution in [-0.4, -0.2) is 35.8 Å². The Morgan fingerprint density at radius 3 is 2.46 bits per heavy atom. The lowest BCUT2D eigenvalue weighted by molar-refractivity contribution is -0.139. The third-order valence-corrected chi connectivity index (χ3v) is 5.52. The first-order valence-corrected chi connectivity index (χ1v) is 10.1. The van der Waals surface area contributed by atoms with E-state index in [-0.39, 0.29) is 17.6 Å². The number of aryl methyl sites for hydroxylation is 2. The molecule has 5 heteroatoms. The van der Waals surface area contributed by atoms with Crippen LogP contribution in [0.5, 0.6) is 5.75 Å². The zero-order chi connectivity index (χ0) is 20.3. The molecule has 2 aromatic carbocycles. The van der Waals surface area contributed by atoms with Crippen LogP contribution in [0.3, 0.4) is 0 Å². The van der Waals surface area contributed by atoms with Crippen molar-refractivity contribution in [3.05, 3.63) is 64.2 Å². The summed E-state index contributed by atoms with van der Waals surface area (Å²) in [5.74, 6) is 0.674. The minimum atomic E-state index is -0.593. The highest BCUT2D eigenvalue weighted by Gasteiger charge is 2.30. The van der Waals surface area contributed by atoms with Gasteiger partial charge in [-0.2, -0.15) is 0 Å². The van der Waals surface area contributed by atoms with E-state index in [0.717, 1.165) is 16.7 Å². The predicted octanol–water partition coefficient (Wildman–Crippen LogP) is 4.85. The molecule has 1 unspecified atom stereocenters. The zero-order valence-electron chi connectivity index (χ0n) is 16.6. The molecule has 1 aliphatic heterocycles. The van der Waals surface area contributed by atoms with Crippen LogP contribution >= 0.6 is 11.6 Å². The highest BCUT2D eigenvalue weighted by Crippen LogP contribution is 2.25. The summed E-state index contributed by atoms with van der Waals surface area (Å²) in [6, 6.07) is 13.0. The van der Waals surface area contributed by atoms with E-state index in [1.165, 1.54) is 0 Å². The molecule has 1 fully saturated rings. The van der Waals surface area contributed by atoms with Crippen molar-refractivity contribution in [2.45, 2.75) is 39.7 Å². The molecule has 148 valence electrons. The fourth-order valence-electron chi connectivity index (χ4n) is 3.72. The van der Waals surface area contributed by atoms with Gasteiger partial charge in [0.25, 0.3) is 5.91 Å². The number of nitrogens with zero attached hydrogens (tertiary/aromatic N) is 1. The lowest BCUT2D eigenvalue weighted by atomic mass is 9.87. The molecule has 0 aromatic heterocycles. The molecule has 0 saturated carbocycles. The number of carbonyl (C=O) groups is 2. The number of carbonyl (C=O) groups excluding carboxylic acids is 2. The molecule has 1 amide bonds. The smallest absolute Gasteiger partial charge is 0.263 e. The number of halogens is 1. The topological polar surface area (TPSA) is 46.6 Å². The van der Waals surface area contributed by atoms with Gasteiger partial charge in [-0.1, -0.05) is 41.4 Å². The Morgan fingerprint density at radius 2 is 1.82 bits per heavy atom. The maximum absolute atomic E-state index is 12.9. The summed E-state index contributed by atoms with van der Waals surface area (Å²) < 4.78 is 5.74. The highest BCUT2D eigenvalue weighted by molar-refractivity contribution is 6.30. The fraction of sp³-hybridized carbons (Fsp3) is 0.391. The predicted molar refractivity (Wildman–Crippen MR) is 111 cm³/mol. The average Bonchev–Trinajstić information content (AvgIpc) is 2.67. The maximum Gasteiger partial charge on any atom is 0.263 e. The molecule has 0 N–H and O–H groups in total. The first-order chi connectivity index (χ1) is 13.3. The second kappa shape index (κ2) is 8.78. The van der Waals surface area contributed by atoms with Crippen LogP contribution in [0.2, 0.25) is 5.02 Å². The van der Waals surface area contributed by atoms with Crippen molar-refractivity contribution in [2.24, 2.45) is 5.92 Å². The van der Waals surface area contributed by atoms with Crippen LogP contribution < -0.4 is 4.74 Å². The summed E-state index contributed by atoms with van der Waals surface area (Å²) in [4.78, 5) is 27.4. The number of likely N-dealkylation sites (tertiary alicyclic amines) is 1. The summed E-state index contributed by atoms with van der Waals surface area (Å²) in [5.41, 5.74) is 2.98. The number of rotatable bonds is 5. The molecule has 0 radical (unpaired) electrons. The Morgan fingerprint density at radius 1 is 1.11 bits per heavy atom. The Labute approximate surface area is 171 Å². The van der Waals surface area contributed by atoms with Gasteiger partial charge >= 0.3 is 0 Å². The van der Waals surface area contributed by atoms with Gasteiger partial charge < -0.3 is 9.64 Å².